The number of hydrogen-bond donors (Lipinski definition) is 2. The maximum Gasteiger partial charge on any atom is 0.223 e. The van der Waals surface area contributed by atoms with E-state index in [-0.39, 0.29) is 17.9 Å². The Balaban J connectivity index is 1.77. The van der Waals surface area contributed by atoms with E-state index in [0.29, 0.717) is 6.54 Å². The van der Waals surface area contributed by atoms with Crippen molar-refractivity contribution < 1.29 is 9.90 Å². The second-order valence-corrected chi connectivity index (χ2v) is 6.98. The summed E-state index contributed by atoms with van der Waals surface area (Å²) in [4.78, 5) is 13.0. The smallest absolute Gasteiger partial charge is 0.223 e. The molecule has 0 saturated heterocycles. The summed E-state index contributed by atoms with van der Waals surface area (Å²) in [5.41, 5.74) is 0. The largest absolute Gasteiger partial charge is 0.393 e. The molecule has 17 heavy (non-hydrogen) atoms. The molecule has 1 amide bonds. The fourth-order valence-electron chi connectivity index (χ4n) is 2.10. The van der Waals surface area contributed by atoms with Crippen LogP contribution in [0, 0.1) is 5.92 Å². The zero-order chi connectivity index (χ0) is 12.3. The maximum absolute atomic E-state index is 11.9. The molecule has 0 radical (unpaired) electrons. The zero-order valence-electron chi connectivity index (χ0n) is 9.49. The quantitative estimate of drug-likeness (QED) is 0.900. The molecular weight excluding hydrogens is 302 g/mol. The SMILES string of the molecule is O=C(NCc1ccc(Br)s1)C1CCC(O)CC1. The van der Waals surface area contributed by atoms with Crippen LogP contribution in [0.1, 0.15) is 30.6 Å². The second-order valence-electron chi connectivity index (χ2n) is 4.43. The fourth-order valence-corrected chi connectivity index (χ4v) is 3.53. The lowest BCUT2D eigenvalue weighted by molar-refractivity contribution is -0.126. The summed E-state index contributed by atoms with van der Waals surface area (Å²) in [6, 6.07) is 4.00. The number of thiophene rings is 1. The summed E-state index contributed by atoms with van der Waals surface area (Å²) in [5.74, 6) is 0.211. The van der Waals surface area contributed by atoms with Gasteiger partial charge in [-0.15, -0.1) is 11.3 Å². The van der Waals surface area contributed by atoms with Crippen LogP contribution in [0.5, 0.6) is 0 Å². The third-order valence-electron chi connectivity index (χ3n) is 3.13. The van der Waals surface area contributed by atoms with Gasteiger partial charge in [-0.1, -0.05) is 0 Å². The van der Waals surface area contributed by atoms with Gasteiger partial charge in [0.25, 0.3) is 0 Å². The van der Waals surface area contributed by atoms with Crippen molar-refractivity contribution in [2.75, 3.05) is 0 Å². The van der Waals surface area contributed by atoms with Gasteiger partial charge in [-0.05, 0) is 53.7 Å². The van der Waals surface area contributed by atoms with Gasteiger partial charge in [-0.2, -0.15) is 0 Å². The number of hydrogen-bond acceptors (Lipinski definition) is 3. The Morgan fingerprint density at radius 2 is 2.12 bits per heavy atom. The van der Waals surface area contributed by atoms with Crippen LogP contribution < -0.4 is 5.32 Å². The monoisotopic (exact) mass is 317 g/mol. The molecule has 1 saturated carbocycles. The summed E-state index contributed by atoms with van der Waals surface area (Å²) in [6.45, 7) is 0.605. The molecule has 1 fully saturated rings. The van der Waals surface area contributed by atoms with Gasteiger partial charge >= 0.3 is 0 Å². The van der Waals surface area contributed by atoms with E-state index in [1.54, 1.807) is 11.3 Å². The Hall–Kier alpha value is -0.390. The summed E-state index contributed by atoms with van der Waals surface area (Å²) in [6.07, 6.45) is 2.92. The topological polar surface area (TPSA) is 49.3 Å². The third-order valence-corrected chi connectivity index (χ3v) is 4.76. The number of rotatable bonds is 3. The molecule has 1 aliphatic carbocycles. The van der Waals surface area contributed by atoms with Crippen molar-refractivity contribution in [1.82, 2.24) is 5.32 Å². The first-order chi connectivity index (χ1) is 8.15. The van der Waals surface area contributed by atoms with E-state index in [1.165, 1.54) is 0 Å². The highest BCUT2D eigenvalue weighted by Crippen LogP contribution is 2.25. The average molecular weight is 318 g/mol. The van der Waals surface area contributed by atoms with Gasteiger partial charge in [0.15, 0.2) is 0 Å². The Kier molecular flexibility index (Phi) is 4.59. The number of halogens is 1. The Morgan fingerprint density at radius 1 is 1.41 bits per heavy atom. The van der Waals surface area contributed by atoms with Gasteiger partial charge in [0.05, 0.1) is 16.4 Å². The van der Waals surface area contributed by atoms with Crippen molar-refractivity contribution in [2.45, 2.75) is 38.3 Å². The van der Waals surface area contributed by atoms with E-state index in [4.69, 9.17) is 0 Å². The molecule has 0 atom stereocenters. The molecule has 0 spiro atoms. The average Bonchev–Trinajstić information content (AvgIpc) is 2.73. The summed E-state index contributed by atoms with van der Waals surface area (Å²) < 4.78 is 1.09. The number of carbonyl (C=O) groups excluding carboxylic acids is 1. The molecule has 0 unspecified atom stereocenters. The van der Waals surface area contributed by atoms with E-state index in [0.717, 1.165) is 34.3 Å². The molecule has 5 heteroatoms. The van der Waals surface area contributed by atoms with E-state index < -0.39 is 0 Å². The molecule has 1 aliphatic rings. The first-order valence-electron chi connectivity index (χ1n) is 5.85. The van der Waals surface area contributed by atoms with Crippen LogP contribution >= 0.6 is 27.3 Å². The van der Waals surface area contributed by atoms with Crippen LogP contribution in [0.15, 0.2) is 15.9 Å². The minimum absolute atomic E-state index is 0.0850. The van der Waals surface area contributed by atoms with E-state index in [2.05, 4.69) is 21.2 Å². The fraction of sp³-hybridized carbons (Fsp3) is 0.583. The van der Waals surface area contributed by atoms with Gasteiger partial charge in [-0.3, -0.25) is 4.79 Å². The minimum Gasteiger partial charge on any atom is -0.393 e. The third kappa shape index (κ3) is 3.79. The molecule has 0 bridgehead atoms. The van der Waals surface area contributed by atoms with Crippen LogP contribution in [-0.2, 0) is 11.3 Å². The molecule has 0 aliphatic heterocycles. The summed E-state index contributed by atoms with van der Waals surface area (Å²) in [5, 5.41) is 12.3. The van der Waals surface area contributed by atoms with Gasteiger partial charge < -0.3 is 10.4 Å². The molecule has 2 rings (SSSR count). The van der Waals surface area contributed by atoms with Crippen molar-refractivity contribution in [2.24, 2.45) is 5.92 Å². The standard InChI is InChI=1S/C12H16BrNO2S/c13-11-6-5-10(17-11)7-14-12(16)8-1-3-9(15)4-2-8/h5-6,8-9,15H,1-4,7H2,(H,14,16). The van der Waals surface area contributed by atoms with Crippen LogP contribution in [-0.4, -0.2) is 17.1 Å². The van der Waals surface area contributed by atoms with Crippen molar-refractivity contribution in [3.05, 3.63) is 20.8 Å². The lowest BCUT2D eigenvalue weighted by Crippen LogP contribution is -2.33. The normalized spacial score (nSPS) is 24.6. The molecule has 3 nitrogen and oxygen atoms in total. The van der Waals surface area contributed by atoms with E-state index >= 15 is 0 Å². The van der Waals surface area contributed by atoms with Crippen molar-refractivity contribution in [3.63, 3.8) is 0 Å². The Labute approximate surface area is 113 Å². The highest BCUT2D eigenvalue weighted by molar-refractivity contribution is 9.11. The molecular formula is C12H16BrNO2S. The number of aliphatic hydroxyl groups excluding tert-OH is 1. The van der Waals surface area contributed by atoms with Crippen LogP contribution in [0.25, 0.3) is 0 Å². The predicted octanol–water partition coefficient (Wildman–Crippen LogP) is 2.68. The minimum atomic E-state index is -0.202. The van der Waals surface area contributed by atoms with Gasteiger partial charge in [0, 0.05) is 10.8 Å². The van der Waals surface area contributed by atoms with Crippen molar-refractivity contribution in [1.29, 1.82) is 0 Å². The highest BCUT2D eigenvalue weighted by atomic mass is 79.9. The first-order valence-corrected chi connectivity index (χ1v) is 7.46. The molecule has 0 aromatic carbocycles. The number of nitrogens with one attached hydrogen (secondary N) is 1. The summed E-state index contributed by atoms with van der Waals surface area (Å²) >= 11 is 5.04. The lowest BCUT2D eigenvalue weighted by Gasteiger charge is -2.24. The molecule has 2 N–H and O–H groups in total. The molecule has 94 valence electrons. The number of amides is 1. The van der Waals surface area contributed by atoms with E-state index in [1.807, 2.05) is 12.1 Å². The predicted molar refractivity (Wildman–Crippen MR) is 71.8 cm³/mol. The zero-order valence-corrected chi connectivity index (χ0v) is 11.9. The Morgan fingerprint density at radius 3 is 2.71 bits per heavy atom. The number of carbonyl (C=O) groups is 1. The van der Waals surface area contributed by atoms with Crippen LogP contribution in [0.4, 0.5) is 0 Å². The maximum atomic E-state index is 11.9. The van der Waals surface area contributed by atoms with Crippen LogP contribution in [0.2, 0.25) is 0 Å². The van der Waals surface area contributed by atoms with Crippen molar-refractivity contribution in [3.8, 4) is 0 Å². The van der Waals surface area contributed by atoms with Crippen molar-refractivity contribution >= 4 is 33.2 Å². The first kappa shape index (κ1) is 13.1. The summed E-state index contributed by atoms with van der Waals surface area (Å²) in [7, 11) is 0. The molecule has 1 heterocycles. The Bertz CT molecular complexity index is 386. The van der Waals surface area contributed by atoms with Gasteiger partial charge in [0.1, 0.15) is 0 Å². The second kappa shape index (κ2) is 5.98. The molecule has 1 aromatic heterocycles. The van der Waals surface area contributed by atoms with E-state index in [9.17, 15) is 9.90 Å². The highest BCUT2D eigenvalue weighted by Gasteiger charge is 2.24. The van der Waals surface area contributed by atoms with Crippen LogP contribution in [0.3, 0.4) is 0 Å². The number of aliphatic hydroxyl groups is 1. The van der Waals surface area contributed by atoms with Gasteiger partial charge in [0.2, 0.25) is 5.91 Å². The lowest BCUT2D eigenvalue weighted by atomic mass is 9.87. The molecule has 1 aromatic rings. The van der Waals surface area contributed by atoms with Gasteiger partial charge in [-0.25, -0.2) is 0 Å².